The molecular weight excluding hydrogens is 345 g/mol. The Bertz CT molecular complexity index is 390. The number of carbonyl (C=O) groups is 1. The van der Waals surface area contributed by atoms with Crippen LogP contribution in [0.5, 0.6) is 0 Å². The first-order valence-corrected chi connectivity index (χ1v) is 13.0. The molecule has 0 aliphatic heterocycles. The fraction of sp³-hybridized carbons (Fsp3) is 0.667. The van der Waals surface area contributed by atoms with Crippen LogP contribution in [-0.2, 0) is 0 Å². The SMILES string of the molecule is O=C(CCCCCCCCCC[Si](Cl)(Cl)Cl)n1cccc1. The Hall–Kier alpha value is 0.0369. The van der Waals surface area contributed by atoms with Gasteiger partial charge in [-0.15, -0.1) is 33.2 Å². The number of halogens is 3. The van der Waals surface area contributed by atoms with Gasteiger partial charge in [-0.3, -0.25) is 9.36 Å². The van der Waals surface area contributed by atoms with E-state index in [0.29, 0.717) is 6.42 Å². The summed E-state index contributed by atoms with van der Waals surface area (Å²) in [5.74, 6) is 0.191. The van der Waals surface area contributed by atoms with Crippen molar-refractivity contribution in [2.24, 2.45) is 0 Å². The zero-order valence-electron chi connectivity index (χ0n) is 12.4. The Kier molecular flexibility index (Phi) is 9.73. The van der Waals surface area contributed by atoms with Crippen LogP contribution < -0.4 is 0 Å². The monoisotopic (exact) mass is 367 g/mol. The molecule has 0 amide bonds. The summed E-state index contributed by atoms with van der Waals surface area (Å²) < 4.78 is 1.66. The molecule has 0 aliphatic carbocycles. The number of hydrogen-bond donors (Lipinski definition) is 0. The Balaban J connectivity index is 1.86. The van der Waals surface area contributed by atoms with Crippen LogP contribution in [0.15, 0.2) is 24.5 Å². The van der Waals surface area contributed by atoms with Crippen LogP contribution in [0.2, 0.25) is 6.04 Å². The van der Waals surface area contributed by atoms with Gasteiger partial charge in [0.25, 0.3) is 0 Å². The summed E-state index contributed by atoms with van der Waals surface area (Å²) in [4.78, 5) is 11.7. The van der Waals surface area contributed by atoms with Crippen molar-refractivity contribution in [3.05, 3.63) is 24.5 Å². The van der Waals surface area contributed by atoms with Crippen LogP contribution in [-0.4, -0.2) is 16.5 Å². The Morgan fingerprint density at radius 1 is 0.810 bits per heavy atom. The third-order valence-electron chi connectivity index (χ3n) is 3.49. The van der Waals surface area contributed by atoms with Crippen LogP contribution in [0.4, 0.5) is 0 Å². The van der Waals surface area contributed by atoms with Gasteiger partial charge in [0.05, 0.1) is 0 Å². The molecule has 0 aromatic carbocycles. The number of nitrogens with zero attached hydrogens (tertiary/aromatic N) is 1. The van der Waals surface area contributed by atoms with Crippen molar-refractivity contribution in [3.8, 4) is 0 Å². The molecule has 0 radical (unpaired) electrons. The molecule has 0 atom stereocenters. The zero-order chi connectivity index (χ0) is 15.6. The van der Waals surface area contributed by atoms with E-state index in [9.17, 15) is 4.79 Å². The topological polar surface area (TPSA) is 22.0 Å². The third-order valence-corrected chi connectivity index (χ3v) is 6.11. The summed E-state index contributed by atoms with van der Waals surface area (Å²) in [6.07, 6.45) is 13.5. The fourth-order valence-electron chi connectivity index (χ4n) is 2.29. The first-order chi connectivity index (χ1) is 9.99. The fourth-order valence-corrected chi connectivity index (χ4v) is 4.15. The molecule has 1 heterocycles. The van der Waals surface area contributed by atoms with E-state index in [0.717, 1.165) is 31.7 Å². The van der Waals surface area contributed by atoms with Crippen LogP contribution >= 0.6 is 33.2 Å². The van der Waals surface area contributed by atoms with E-state index in [1.54, 1.807) is 4.57 Å². The lowest BCUT2D eigenvalue weighted by Crippen LogP contribution is -2.07. The van der Waals surface area contributed by atoms with Crippen LogP contribution in [0.3, 0.4) is 0 Å². The highest BCUT2D eigenvalue weighted by molar-refractivity contribution is 7.64. The average molecular weight is 369 g/mol. The van der Waals surface area contributed by atoms with Crippen molar-refractivity contribution >= 4 is 45.1 Å². The Morgan fingerprint density at radius 2 is 1.29 bits per heavy atom. The van der Waals surface area contributed by atoms with Crippen LogP contribution in [0.1, 0.15) is 62.6 Å². The van der Waals surface area contributed by atoms with Gasteiger partial charge >= 0.3 is 6.00 Å². The molecule has 1 aromatic heterocycles. The molecule has 1 aromatic rings. The lowest BCUT2D eigenvalue weighted by molar-refractivity contribution is 0.0899. The maximum Gasteiger partial charge on any atom is 0.341 e. The Labute approximate surface area is 142 Å². The molecule has 21 heavy (non-hydrogen) atoms. The molecule has 0 aliphatic rings. The van der Waals surface area contributed by atoms with Gasteiger partial charge in [-0.2, -0.15) is 0 Å². The molecule has 0 saturated heterocycles. The second kappa shape index (κ2) is 10.7. The lowest BCUT2D eigenvalue weighted by Gasteiger charge is -2.06. The molecule has 6 heteroatoms. The van der Waals surface area contributed by atoms with E-state index in [-0.39, 0.29) is 5.91 Å². The molecule has 1 rings (SSSR count). The molecule has 0 saturated carbocycles. The van der Waals surface area contributed by atoms with Gasteiger partial charge in [0, 0.05) is 18.8 Å². The maximum atomic E-state index is 11.7. The minimum atomic E-state index is -2.39. The highest BCUT2D eigenvalue weighted by Gasteiger charge is 2.23. The van der Waals surface area contributed by atoms with Gasteiger partial charge in [0.2, 0.25) is 5.91 Å². The van der Waals surface area contributed by atoms with Crippen molar-refractivity contribution < 1.29 is 4.79 Å². The van der Waals surface area contributed by atoms with Crippen LogP contribution in [0, 0.1) is 0 Å². The van der Waals surface area contributed by atoms with Gasteiger partial charge < -0.3 is 0 Å². The van der Waals surface area contributed by atoms with E-state index in [2.05, 4.69) is 0 Å². The highest BCUT2D eigenvalue weighted by Crippen LogP contribution is 2.27. The maximum absolute atomic E-state index is 11.7. The van der Waals surface area contributed by atoms with Crippen molar-refractivity contribution in [3.63, 3.8) is 0 Å². The summed E-state index contributed by atoms with van der Waals surface area (Å²) in [5.41, 5.74) is 0. The van der Waals surface area contributed by atoms with Gasteiger partial charge in [0.15, 0.2) is 0 Å². The molecule has 0 spiro atoms. The summed E-state index contributed by atoms with van der Waals surface area (Å²) in [6.45, 7) is 0. The van der Waals surface area contributed by atoms with Gasteiger partial charge in [0.1, 0.15) is 0 Å². The van der Waals surface area contributed by atoms with E-state index in [4.69, 9.17) is 33.2 Å². The predicted octanol–water partition coefficient (Wildman–Crippen LogP) is 6.29. The van der Waals surface area contributed by atoms with E-state index in [1.165, 1.54) is 25.7 Å². The van der Waals surface area contributed by atoms with Gasteiger partial charge in [-0.1, -0.05) is 44.9 Å². The largest absolute Gasteiger partial charge is 0.341 e. The van der Waals surface area contributed by atoms with E-state index < -0.39 is 6.00 Å². The van der Waals surface area contributed by atoms with E-state index in [1.807, 2.05) is 24.5 Å². The normalized spacial score (nSPS) is 11.8. The van der Waals surface area contributed by atoms with Crippen molar-refractivity contribution in [1.29, 1.82) is 0 Å². The molecule has 0 bridgehead atoms. The van der Waals surface area contributed by atoms with Crippen molar-refractivity contribution in [2.45, 2.75) is 63.8 Å². The van der Waals surface area contributed by atoms with Gasteiger partial charge in [-0.25, -0.2) is 0 Å². The minimum absolute atomic E-state index is 0.191. The number of carbonyl (C=O) groups excluding carboxylic acids is 1. The first kappa shape index (κ1) is 19.1. The van der Waals surface area contributed by atoms with Crippen LogP contribution in [0.25, 0.3) is 0 Å². The highest BCUT2D eigenvalue weighted by atomic mass is 35.8. The second-order valence-electron chi connectivity index (χ2n) is 5.43. The summed E-state index contributed by atoms with van der Waals surface area (Å²) in [7, 11) is 0. The molecule has 0 unspecified atom stereocenters. The molecule has 0 N–H and O–H groups in total. The lowest BCUT2D eigenvalue weighted by atomic mass is 10.1. The Morgan fingerprint density at radius 3 is 1.81 bits per heavy atom. The van der Waals surface area contributed by atoms with Crippen molar-refractivity contribution in [1.82, 2.24) is 4.57 Å². The van der Waals surface area contributed by atoms with Gasteiger partial charge in [-0.05, 0) is 24.6 Å². The number of rotatable bonds is 11. The quantitative estimate of drug-likeness (QED) is 0.255. The summed E-state index contributed by atoms with van der Waals surface area (Å²) in [5, 5.41) is 0. The standard InChI is InChI=1S/C15H24Cl3NOSi/c16-21(17,18)14-10-6-4-2-1-3-5-7-11-15(20)19-12-8-9-13-19/h8-9,12-13H,1-7,10-11,14H2. The number of unbranched alkanes of at least 4 members (excludes halogenated alkanes) is 7. The zero-order valence-corrected chi connectivity index (χ0v) is 15.6. The predicted molar refractivity (Wildman–Crippen MR) is 94.7 cm³/mol. The summed E-state index contributed by atoms with van der Waals surface area (Å²) >= 11 is 17.5. The third kappa shape index (κ3) is 10.4. The average Bonchev–Trinajstić information content (AvgIpc) is 2.93. The van der Waals surface area contributed by atoms with E-state index >= 15 is 0 Å². The molecule has 120 valence electrons. The molecule has 0 fully saturated rings. The smallest absolute Gasteiger partial charge is 0.295 e. The number of hydrogen-bond acceptors (Lipinski definition) is 1. The second-order valence-corrected chi connectivity index (χ2v) is 14.7. The molecule has 2 nitrogen and oxygen atoms in total. The van der Waals surface area contributed by atoms with Crippen molar-refractivity contribution in [2.75, 3.05) is 0 Å². The first-order valence-electron chi connectivity index (χ1n) is 7.72. The number of aromatic nitrogens is 1. The minimum Gasteiger partial charge on any atom is -0.295 e. The summed E-state index contributed by atoms with van der Waals surface area (Å²) in [6, 6.07) is 2.14. The molecular formula is C15H24Cl3NOSi.